The van der Waals surface area contributed by atoms with Crippen molar-refractivity contribution in [1.82, 2.24) is 4.98 Å². The molecule has 0 atom stereocenters. The second kappa shape index (κ2) is 6.33. The van der Waals surface area contributed by atoms with E-state index in [0.717, 1.165) is 11.3 Å². The van der Waals surface area contributed by atoms with Crippen LogP contribution in [0.1, 0.15) is 10.5 Å². The summed E-state index contributed by atoms with van der Waals surface area (Å²) >= 11 is 1.14. The van der Waals surface area contributed by atoms with E-state index in [1.165, 1.54) is 5.51 Å². The number of nitrogens with zero attached hydrogens (tertiary/aromatic N) is 1. The highest BCUT2D eigenvalue weighted by Gasteiger charge is 2.12. The van der Waals surface area contributed by atoms with Gasteiger partial charge in [-0.1, -0.05) is 0 Å². The zero-order chi connectivity index (χ0) is 12.0. The van der Waals surface area contributed by atoms with Crippen LogP contribution in [0.5, 0.6) is 0 Å². The van der Waals surface area contributed by atoms with Crippen molar-refractivity contribution in [2.24, 2.45) is 0 Å². The number of aromatic carboxylic acids is 1. The fourth-order valence-electron chi connectivity index (χ4n) is 0.933. The molecule has 5 nitrogen and oxygen atoms in total. The predicted octanol–water partition coefficient (Wildman–Crippen LogP) is 1.53. The SMILES string of the molecule is O=C(O)c1ncsc1NCCOCC(F)F. The summed E-state index contributed by atoms with van der Waals surface area (Å²) in [6.45, 7) is -0.271. The number of nitrogens with one attached hydrogen (secondary N) is 1. The lowest BCUT2D eigenvalue weighted by Gasteiger charge is -2.05. The molecule has 0 bridgehead atoms. The van der Waals surface area contributed by atoms with E-state index in [-0.39, 0.29) is 18.8 Å². The van der Waals surface area contributed by atoms with E-state index in [0.29, 0.717) is 5.00 Å². The van der Waals surface area contributed by atoms with Crippen molar-refractivity contribution in [3.8, 4) is 0 Å². The fraction of sp³-hybridized carbons (Fsp3) is 0.500. The molecular formula is C8H10F2N2O3S. The molecule has 1 heterocycles. The third-order valence-electron chi connectivity index (χ3n) is 1.55. The number of hydrogen-bond acceptors (Lipinski definition) is 5. The maximum Gasteiger partial charge on any atom is 0.357 e. The zero-order valence-corrected chi connectivity index (χ0v) is 8.97. The van der Waals surface area contributed by atoms with Gasteiger partial charge in [0.2, 0.25) is 0 Å². The van der Waals surface area contributed by atoms with E-state index >= 15 is 0 Å². The minimum atomic E-state index is -2.49. The quantitative estimate of drug-likeness (QED) is 0.720. The van der Waals surface area contributed by atoms with Crippen LogP contribution in [0.3, 0.4) is 0 Å². The Hall–Kier alpha value is -1.28. The van der Waals surface area contributed by atoms with Crippen molar-refractivity contribution >= 4 is 22.3 Å². The fourth-order valence-corrected chi connectivity index (χ4v) is 1.63. The number of halogens is 2. The van der Waals surface area contributed by atoms with Crippen molar-refractivity contribution in [2.45, 2.75) is 6.43 Å². The molecule has 90 valence electrons. The number of aromatic nitrogens is 1. The molecule has 1 aromatic rings. The molecule has 1 rings (SSSR count). The lowest BCUT2D eigenvalue weighted by atomic mass is 10.4. The molecule has 2 N–H and O–H groups in total. The first kappa shape index (κ1) is 12.8. The van der Waals surface area contributed by atoms with E-state index in [1.807, 2.05) is 0 Å². The molecule has 0 saturated carbocycles. The molecule has 0 spiro atoms. The largest absolute Gasteiger partial charge is 0.476 e. The molecular weight excluding hydrogens is 242 g/mol. The summed E-state index contributed by atoms with van der Waals surface area (Å²) in [6, 6.07) is 0. The molecule has 0 amide bonds. The molecule has 0 unspecified atom stereocenters. The summed E-state index contributed by atoms with van der Waals surface area (Å²) in [6.07, 6.45) is -2.49. The summed E-state index contributed by atoms with van der Waals surface area (Å²) in [5.41, 5.74) is 1.32. The van der Waals surface area contributed by atoms with Crippen molar-refractivity contribution in [2.75, 3.05) is 25.1 Å². The smallest absolute Gasteiger partial charge is 0.357 e. The molecule has 0 radical (unpaired) electrons. The van der Waals surface area contributed by atoms with E-state index in [4.69, 9.17) is 5.11 Å². The van der Waals surface area contributed by atoms with Gasteiger partial charge in [-0.25, -0.2) is 18.6 Å². The number of carboxylic acids is 1. The number of alkyl halides is 2. The minimum absolute atomic E-state index is 0.0705. The monoisotopic (exact) mass is 252 g/mol. The van der Waals surface area contributed by atoms with Gasteiger partial charge in [0.25, 0.3) is 6.43 Å². The highest BCUT2D eigenvalue weighted by molar-refractivity contribution is 7.14. The van der Waals surface area contributed by atoms with Gasteiger partial charge in [0, 0.05) is 6.54 Å². The highest BCUT2D eigenvalue weighted by Crippen LogP contribution is 2.19. The average Bonchev–Trinajstić information content (AvgIpc) is 2.65. The number of anilines is 1. The third-order valence-corrected chi connectivity index (χ3v) is 2.33. The van der Waals surface area contributed by atoms with Crippen LogP contribution in [0, 0.1) is 0 Å². The van der Waals surface area contributed by atoms with Gasteiger partial charge < -0.3 is 15.2 Å². The van der Waals surface area contributed by atoms with E-state index in [1.54, 1.807) is 0 Å². The lowest BCUT2D eigenvalue weighted by Crippen LogP contribution is -2.14. The topological polar surface area (TPSA) is 71.5 Å². The molecule has 0 aromatic carbocycles. The number of carbonyl (C=O) groups is 1. The number of hydrogen-bond donors (Lipinski definition) is 2. The summed E-state index contributed by atoms with van der Waals surface area (Å²) in [4.78, 5) is 14.3. The Bertz CT molecular complexity index is 346. The number of rotatable bonds is 7. The molecule has 0 aliphatic heterocycles. The summed E-state index contributed by atoms with van der Waals surface area (Å²) in [5.74, 6) is -1.13. The van der Waals surface area contributed by atoms with E-state index < -0.39 is 19.0 Å². The molecule has 0 aliphatic rings. The first-order chi connectivity index (χ1) is 7.61. The van der Waals surface area contributed by atoms with Gasteiger partial charge in [0.15, 0.2) is 5.69 Å². The maximum absolute atomic E-state index is 11.7. The van der Waals surface area contributed by atoms with Crippen molar-refractivity contribution in [3.05, 3.63) is 11.2 Å². The third kappa shape index (κ3) is 4.07. The number of ether oxygens (including phenoxy) is 1. The van der Waals surface area contributed by atoms with Gasteiger partial charge >= 0.3 is 5.97 Å². The second-order valence-electron chi connectivity index (χ2n) is 2.73. The van der Waals surface area contributed by atoms with Gasteiger partial charge in [0.1, 0.15) is 11.6 Å². The van der Waals surface area contributed by atoms with Crippen LogP contribution in [-0.4, -0.2) is 42.2 Å². The molecule has 0 aliphatic carbocycles. The summed E-state index contributed by atoms with van der Waals surface area (Å²) in [7, 11) is 0. The predicted molar refractivity (Wildman–Crippen MR) is 54.4 cm³/mol. The van der Waals surface area contributed by atoms with E-state index in [9.17, 15) is 13.6 Å². The van der Waals surface area contributed by atoms with Crippen LogP contribution in [0.4, 0.5) is 13.8 Å². The van der Waals surface area contributed by atoms with E-state index in [2.05, 4.69) is 15.0 Å². The highest BCUT2D eigenvalue weighted by atomic mass is 32.1. The van der Waals surface area contributed by atoms with Crippen LogP contribution < -0.4 is 5.32 Å². The average molecular weight is 252 g/mol. The van der Waals surface area contributed by atoms with Crippen LogP contribution >= 0.6 is 11.3 Å². The number of carboxylic acid groups (broad SMARTS) is 1. The van der Waals surface area contributed by atoms with Crippen LogP contribution in [0.25, 0.3) is 0 Å². The Labute approximate surface area is 94.1 Å². The van der Waals surface area contributed by atoms with Gasteiger partial charge in [-0.2, -0.15) is 0 Å². The number of thiazole rings is 1. The van der Waals surface area contributed by atoms with Crippen LogP contribution in [-0.2, 0) is 4.74 Å². The molecule has 16 heavy (non-hydrogen) atoms. The Kier molecular flexibility index (Phi) is 5.06. The molecule has 8 heteroatoms. The van der Waals surface area contributed by atoms with Crippen molar-refractivity contribution < 1.29 is 23.4 Å². The Morgan fingerprint density at radius 3 is 3.06 bits per heavy atom. The summed E-state index contributed by atoms with van der Waals surface area (Å²) in [5, 5.41) is 11.9. The molecule has 0 fully saturated rings. The van der Waals surface area contributed by atoms with Gasteiger partial charge in [-0.3, -0.25) is 0 Å². The van der Waals surface area contributed by atoms with Gasteiger partial charge in [0.05, 0.1) is 12.1 Å². The summed E-state index contributed by atoms with van der Waals surface area (Å²) < 4.78 is 28.0. The zero-order valence-electron chi connectivity index (χ0n) is 8.15. The van der Waals surface area contributed by atoms with Gasteiger partial charge in [-0.15, -0.1) is 11.3 Å². The Morgan fingerprint density at radius 1 is 1.69 bits per heavy atom. The first-order valence-electron chi connectivity index (χ1n) is 4.37. The van der Waals surface area contributed by atoms with Crippen molar-refractivity contribution in [1.29, 1.82) is 0 Å². The van der Waals surface area contributed by atoms with Gasteiger partial charge in [-0.05, 0) is 0 Å². The Balaban J connectivity index is 2.27. The molecule has 0 saturated heterocycles. The maximum atomic E-state index is 11.7. The molecule has 1 aromatic heterocycles. The lowest BCUT2D eigenvalue weighted by molar-refractivity contribution is 0.0215. The van der Waals surface area contributed by atoms with Crippen LogP contribution in [0.15, 0.2) is 5.51 Å². The second-order valence-corrected chi connectivity index (χ2v) is 3.58. The normalized spacial score (nSPS) is 10.7. The van der Waals surface area contributed by atoms with Crippen molar-refractivity contribution in [3.63, 3.8) is 0 Å². The van der Waals surface area contributed by atoms with Crippen LogP contribution in [0.2, 0.25) is 0 Å². The first-order valence-corrected chi connectivity index (χ1v) is 5.25. The standard InChI is InChI=1S/C8H10F2N2O3S/c9-5(10)3-15-2-1-11-7-6(8(13)14)12-4-16-7/h4-5,11H,1-3H2,(H,13,14). The Morgan fingerprint density at radius 2 is 2.44 bits per heavy atom. The minimum Gasteiger partial charge on any atom is -0.476 e.